The first-order valence-corrected chi connectivity index (χ1v) is 7.15. The van der Waals surface area contributed by atoms with Gasteiger partial charge in [-0.15, -0.1) is 0 Å². The lowest BCUT2D eigenvalue weighted by atomic mass is 10.1. The summed E-state index contributed by atoms with van der Waals surface area (Å²) in [5, 5.41) is 14.6. The quantitative estimate of drug-likeness (QED) is 0.668. The summed E-state index contributed by atoms with van der Waals surface area (Å²) in [5.74, 6) is 0. The maximum atomic E-state index is 11.0. The van der Waals surface area contributed by atoms with Crippen molar-refractivity contribution in [3.63, 3.8) is 0 Å². The lowest BCUT2D eigenvalue weighted by Crippen LogP contribution is -2.51. The molecule has 1 aliphatic rings. The van der Waals surface area contributed by atoms with E-state index in [9.17, 15) is 10.1 Å². The summed E-state index contributed by atoms with van der Waals surface area (Å²) in [5.41, 5.74) is 0.139. The van der Waals surface area contributed by atoms with Crippen molar-refractivity contribution in [2.45, 2.75) is 32.2 Å². The zero-order chi connectivity index (χ0) is 15.5. The molecule has 1 aromatic rings. The third-order valence-corrected chi connectivity index (χ3v) is 3.60. The predicted octanol–water partition coefficient (Wildman–Crippen LogP) is 2.53. The summed E-state index contributed by atoms with van der Waals surface area (Å²) in [4.78, 5) is 10.5. The van der Waals surface area contributed by atoms with Crippen LogP contribution in [0.1, 0.15) is 19.4 Å². The van der Waals surface area contributed by atoms with Crippen LogP contribution in [-0.2, 0) is 16.1 Å². The molecule has 0 amide bonds. The number of halogens is 1. The van der Waals surface area contributed by atoms with Crippen LogP contribution in [0.2, 0.25) is 5.02 Å². The first-order chi connectivity index (χ1) is 9.89. The van der Waals surface area contributed by atoms with Crippen LogP contribution in [0, 0.1) is 10.1 Å². The van der Waals surface area contributed by atoms with Crippen LogP contribution in [0.25, 0.3) is 0 Å². The Morgan fingerprint density at radius 1 is 1.57 bits per heavy atom. The molecule has 1 atom stereocenters. The summed E-state index contributed by atoms with van der Waals surface area (Å²) >= 11 is 6.01. The third kappa shape index (κ3) is 4.38. The molecule has 1 unspecified atom stereocenters. The van der Waals surface area contributed by atoms with Gasteiger partial charge < -0.3 is 14.8 Å². The third-order valence-electron chi connectivity index (χ3n) is 3.25. The fourth-order valence-corrected chi connectivity index (χ4v) is 2.54. The van der Waals surface area contributed by atoms with Gasteiger partial charge >= 0.3 is 0 Å². The molecule has 0 spiro atoms. The van der Waals surface area contributed by atoms with Gasteiger partial charge in [0.15, 0.2) is 0 Å². The van der Waals surface area contributed by atoms with Crippen LogP contribution in [-0.4, -0.2) is 36.3 Å². The second-order valence-electron chi connectivity index (χ2n) is 5.64. The van der Waals surface area contributed by atoms with Crippen LogP contribution in [0.4, 0.5) is 5.69 Å². The van der Waals surface area contributed by atoms with E-state index in [1.807, 2.05) is 13.8 Å². The van der Waals surface area contributed by atoms with E-state index in [0.29, 0.717) is 23.7 Å². The van der Waals surface area contributed by atoms with Gasteiger partial charge in [0.05, 0.1) is 40.4 Å². The minimum absolute atomic E-state index is 0.0227. The molecular formula is C14H19ClN2O4. The number of nitrogens with one attached hydrogen (secondary N) is 1. The fraction of sp³-hybridized carbons (Fsp3) is 0.571. The fourth-order valence-electron chi connectivity index (χ4n) is 2.32. The number of nitro benzene ring substituents is 1. The van der Waals surface area contributed by atoms with Crippen LogP contribution < -0.4 is 5.32 Å². The Balaban J connectivity index is 1.93. The smallest absolute Gasteiger partial charge is 0.276 e. The Kier molecular flexibility index (Phi) is 5.16. The molecule has 2 rings (SSSR count). The molecule has 116 valence electrons. The lowest BCUT2D eigenvalue weighted by molar-refractivity contribution is -0.386. The van der Waals surface area contributed by atoms with E-state index in [4.69, 9.17) is 21.1 Å². The van der Waals surface area contributed by atoms with Crippen molar-refractivity contribution in [3.8, 4) is 0 Å². The number of nitrogens with zero attached hydrogens (tertiary/aromatic N) is 1. The highest BCUT2D eigenvalue weighted by molar-refractivity contribution is 6.31. The van der Waals surface area contributed by atoms with Gasteiger partial charge in [0.1, 0.15) is 0 Å². The second kappa shape index (κ2) is 6.70. The van der Waals surface area contributed by atoms with Crippen LogP contribution in [0.15, 0.2) is 18.2 Å². The standard InChI is InChI=1S/C14H19ClN2O4/c1-14(2)9-16-6-10(21-14)7-20-8-11-12(15)4-3-5-13(11)17(18)19/h3-5,10,16H,6-9H2,1-2H3. The molecule has 0 radical (unpaired) electrons. The average Bonchev–Trinajstić information content (AvgIpc) is 2.39. The van der Waals surface area contributed by atoms with E-state index in [2.05, 4.69) is 5.32 Å². The Hall–Kier alpha value is -1.21. The summed E-state index contributed by atoms with van der Waals surface area (Å²) < 4.78 is 11.4. The topological polar surface area (TPSA) is 73.6 Å². The zero-order valence-corrected chi connectivity index (χ0v) is 12.9. The van der Waals surface area contributed by atoms with E-state index >= 15 is 0 Å². The molecular weight excluding hydrogens is 296 g/mol. The number of benzene rings is 1. The highest BCUT2D eigenvalue weighted by Gasteiger charge is 2.28. The molecule has 0 aliphatic carbocycles. The maximum Gasteiger partial charge on any atom is 0.276 e. The van der Waals surface area contributed by atoms with Crippen LogP contribution >= 0.6 is 11.6 Å². The normalized spacial score (nSPS) is 21.2. The minimum Gasteiger partial charge on any atom is -0.374 e. The molecule has 1 aliphatic heterocycles. The van der Waals surface area contributed by atoms with Gasteiger partial charge in [0.25, 0.3) is 5.69 Å². The molecule has 0 saturated carbocycles. The van der Waals surface area contributed by atoms with Gasteiger partial charge in [0, 0.05) is 19.2 Å². The van der Waals surface area contributed by atoms with Crippen LogP contribution in [0.3, 0.4) is 0 Å². The molecule has 1 heterocycles. The average molecular weight is 315 g/mol. The molecule has 1 aromatic carbocycles. The monoisotopic (exact) mass is 314 g/mol. The van der Waals surface area contributed by atoms with Crippen molar-refractivity contribution >= 4 is 17.3 Å². The minimum atomic E-state index is -0.452. The highest BCUT2D eigenvalue weighted by atomic mass is 35.5. The maximum absolute atomic E-state index is 11.0. The molecule has 21 heavy (non-hydrogen) atoms. The number of hydrogen-bond donors (Lipinski definition) is 1. The number of ether oxygens (including phenoxy) is 2. The number of morpholine rings is 1. The summed E-state index contributed by atoms with van der Waals surface area (Å²) in [6.07, 6.45) is -0.0738. The Morgan fingerprint density at radius 2 is 2.33 bits per heavy atom. The lowest BCUT2D eigenvalue weighted by Gasteiger charge is -2.36. The van der Waals surface area contributed by atoms with E-state index in [-0.39, 0.29) is 24.0 Å². The number of rotatable bonds is 5. The molecule has 1 N–H and O–H groups in total. The van der Waals surface area contributed by atoms with Gasteiger partial charge in [-0.1, -0.05) is 17.7 Å². The predicted molar refractivity (Wildman–Crippen MR) is 79.6 cm³/mol. The molecule has 7 heteroatoms. The largest absolute Gasteiger partial charge is 0.374 e. The summed E-state index contributed by atoms with van der Waals surface area (Å²) in [6.45, 7) is 5.96. The van der Waals surface area contributed by atoms with Gasteiger partial charge in [-0.3, -0.25) is 10.1 Å². The van der Waals surface area contributed by atoms with Crippen molar-refractivity contribution in [2.75, 3.05) is 19.7 Å². The van der Waals surface area contributed by atoms with E-state index < -0.39 is 4.92 Å². The van der Waals surface area contributed by atoms with Gasteiger partial charge in [-0.05, 0) is 19.9 Å². The van der Waals surface area contributed by atoms with Gasteiger partial charge in [0.2, 0.25) is 0 Å². The van der Waals surface area contributed by atoms with Crippen molar-refractivity contribution in [3.05, 3.63) is 38.9 Å². The Labute approximate surface area is 128 Å². The number of nitro groups is 1. The molecule has 0 bridgehead atoms. The first kappa shape index (κ1) is 16.2. The molecule has 6 nitrogen and oxygen atoms in total. The Morgan fingerprint density at radius 3 is 3.00 bits per heavy atom. The van der Waals surface area contributed by atoms with Crippen LogP contribution in [0.5, 0.6) is 0 Å². The molecule has 0 aromatic heterocycles. The van der Waals surface area contributed by atoms with Crippen molar-refractivity contribution < 1.29 is 14.4 Å². The van der Waals surface area contributed by atoms with Gasteiger partial charge in [-0.2, -0.15) is 0 Å². The SMILES string of the molecule is CC1(C)CNCC(COCc2c(Cl)cccc2[N+](=O)[O-])O1. The van der Waals surface area contributed by atoms with E-state index in [1.54, 1.807) is 12.1 Å². The van der Waals surface area contributed by atoms with Gasteiger partial charge in [-0.25, -0.2) is 0 Å². The molecule has 1 saturated heterocycles. The second-order valence-corrected chi connectivity index (χ2v) is 6.05. The Bertz CT molecular complexity index is 522. The van der Waals surface area contributed by atoms with E-state index in [1.165, 1.54) is 6.07 Å². The molecule has 1 fully saturated rings. The zero-order valence-electron chi connectivity index (χ0n) is 12.1. The van der Waals surface area contributed by atoms with Crippen molar-refractivity contribution in [1.29, 1.82) is 0 Å². The van der Waals surface area contributed by atoms with Crippen molar-refractivity contribution in [1.82, 2.24) is 5.32 Å². The summed E-state index contributed by atoms with van der Waals surface area (Å²) in [7, 11) is 0. The summed E-state index contributed by atoms with van der Waals surface area (Å²) in [6, 6.07) is 4.60. The highest BCUT2D eigenvalue weighted by Crippen LogP contribution is 2.27. The van der Waals surface area contributed by atoms with Crippen molar-refractivity contribution in [2.24, 2.45) is 0 Å². The van der Waals surface area contributed by atoms with E-state index in [0.717, 1.165) is 6.54 Å². The number of hydrogen-bond acceptors (Lipinski definition) is 5. The first-order valence-electron chi connectivity index (χ1n) is 6.77.